The van der Waals surface area contributed by atoms with E-state index in [1.54, 1.807) is 0 Å². The second kappa shape index (κ2) is 6.21. The molecule has 0 aliphatic heterocycles. The second-order valence-corrected chi connectivity index (χ2v) is 3.58. The standard InChI is InChI=1S/C8H5Cl3O2.Na/c9-5-1-2-6(10)8(11)4(5)3-7(12)13;/h1-2H,3H2,(H,12,13);. The van der Waals surface area contributed by atoms with Crippen molar-refractivity contribution in [2.24, 2.45) is 0 Å². The van der Waals surface area contributed by atoms with Crippen LogP contribution in [0.1, 0.15) is 5.56 Å². The van der Waals surface area contributed by atoms with E-state index < -0.39 is 5.97 Å². The molecule has 1 N–H and O–H groups in total. The molecule has 0 unspecified atom stereocenters. The number of hydrogen-bond donors (Lipinski definition) is 1. The molecule has 71 valence electrons. The van der Waals surface area contributed by atoms with Crippen molar-refractivity contribution in [1.82, 2.24) is 0 Å². The van der Waals surface area contributed by atoms with E-state index in [-0.39, 0.29) is 41.0 Å². The molecule has 0 fully saturated rings. The Bertz CT molecular complexity index is 355. The molecule has 0 bridgehead atoms. The van der Waals surface area contributed by atoms with Gasteiger partial charge in [-0.25, -0.2) is 0 Å². The number of aliphatic carboxylic acids is 1. The van der Waals surface area contributed by atoms with Crippen LogP contribution in [0, 0.1) is 0 Å². The third-order valence-corrected chi connectivity index (χ3v) is 2.66. The van der Waals surface area contributed by atoms with Crippen LogP contribution in [0.3, 0.4) is 0 Å². The fourth-order valence-electron chi connectivity index (χ4n) is 0.882. The predicted molar refractivity (Wildman–Crippen MR) is 58.6 cm³/mol. The Morgan fingerprint density at radius 1 is 1.21 bits per heavy atom. The number of carboxylic acids is 1. The zero-order valence-electron chi connectivity index (χ0n) is 7.35. The first kappa shape index (κ1) is 14.6. The average Bonchev–Trinajstić information content (AvgIpc) is 2.05. The summed E-state index contributed by atoms with van der Waals surface area (Å²) in [4.78, 5) is 10.4. The number of rotatable bonds is 2. The summed E-state index contributed by atoms with van der Waals surface area (Å²) in [6, 6.07) is 3.05. The van der Waals surface area contributed by atoms with E-state index in [9.17, 15) is 4.79 Å². The van der Waals surface area contributed by atoms with Gasteiger partial charge < -0.3 is 5.11 Å². The van der Waals surface area contributed by atoms with Gasteiger partial charge in [0.25, 0.3) is 0 Å². The van der Waals surface area contributed by atoms with Crippen molar-refractivity contribution < 1.29 is 9.90 Å². The smallest absolute Gasteiger partial charge is 0.307 e. The van der Waals surface area contributed by atoms with Gasteiger partial charge in [-0.3, -0.25) is 4.79 Å². The van der Waals surface area contributed by atoms with Crippen LogP contribution in [0.2, 0.25) is 15.1 Å². The van der Waals surface area contributed by atoms with Crippen molar-refractivity contribution in [3.05, 3.63) is 32.8 Å². The van der Waals surface area contributed by atoms with Crippen molar-refractivity contribution in [2.45, 2.75) is 6.42 Å². The van der Waals surface area contributed by atoms with E-state index >= 15 is 0 Å². The topological polar surface area (TPSA) is 37.3 Å². The van der Waals surface area contributed by atoms with E-state index in [1.165, 1.54) is 12.1 Å². The summed E-state index contributed by atoms with van der Waals surface area (Å²) in [5.74, 6) is -0.994. The number of carboxylic acid groups (broad SMARTS) is 1. The van der Waals surface area contributed by atoms with Crippen molar-refractivity contribution in [1.29, 1.82) is 0 Å². The number of carbonyl (C=O) groups is 1. The van der Waals surface area contributed by atoms with E-state index in [2.05, 4.69) is 0 Å². The Morgan fingerprint density at radius 3 is 2.21 bits per heavy atom. The molecule has 0 atom stereocenters. The summed E-state index contributed by atoms with van der Waals surface area (Å²) in [6.07, 6.45) is -0.224. The molecular formula is C8H5Cl3NaO2. The molecule has 0 aliphatic carbocycles. The molecule has 0 saturated carbocycles. The quantitative estimate of drug-likeness (QED) is 0.657. The summed E-state index contributed by atoms with van der Waals surface area (Å²) < 4.78 is 0. The zero-order valence-corrected chi connectivity index (χ0v) is 11.6. The molecule has 1 aromatic rings. The van der Waals surface area contributed by atoms with Gasteiger partial charge in [0, 0.05) is 40.1 Å². The van der Waals surface area contributed by atoms with Gasteiger partial charge in [-0.15, -0.1) is 0 Å². The van der Waals surface area contributed by atoms with Crippen LogP contribution in [0.25, 0.3) is 0 Å². The van der Waals surface area contributed by atoms with Crippen LogP contribution in [0.5, 0.6) is 0 Å². The molecule has 0 saturated heterocycles. The summed E-state index contributed by atoms with van der Waals surface area (Å²) in [7, 11) is 0. The molecule has 2 nitrogen and oxygen atoms in total. The van der Waals surface area contributed by atoms with Crippen molar-refractivity contribution in [3.8, 4) is 0 Å². The molecule has 0 heterocycles. The van der Waals surface area contributed by atoms with Crippen LogP contribution < -0.4 is 0 Å². The maximum atomic E-state index is 10.4. The predicted octanol–water partition coefficient (Wildman–Crippen LogP) is 2.89. The van der Waals surface area contributed by atoms with Crippen LogP contribution in [0.15, 0.2) is 12.1 Å². The molecule has 0 aromatic heterocycles. The Balaban J connectivity index is 0.00000169. The first-order chi connectivity index (χ1) is 6.02. The molecule has 0 aliphatic rings. The van der Waals surface area contributed by atoms with E-state index in [4.69, 9.17) is 39.9 Å². The maximum Gasteiger partial charge on any atom is 0.307 e. The number of benzene rings is 1. The molecule has 6 heteroatoms. The molecule has 0 spiro atoms. The fraction of sp³-hybridized carbons (Fsp3) is 0.125. The number of halogens is 3. The van der Waals surface area contributed by atoms with Gasteiger partial charge in [-0.1, -0.05) is 34.8 Å². The van der Waals surface area contributed by atoms with Gasteiger partial charge in [0.15, 0.2) is 0 Å². The maximum absolute atomic E-state index is 10.4. The normalized spacial score (nSPS) is 9.36. The first-order valence-electron chi connectivity index (χ1n) is 3.36. The van der Waals surface area contributed by atoms with Crippen LogP contribution in [-0.2, 0) is 11.2 Å². The third-order valence-electron chi connectivity index (χ3n) is 1.47. The monoisotopic (exact) mass is 261 g/mol. The summed E-state index contributed by atoms with van der Waals surface area (Å²) in [6.45, 7) is 0. The van der Waals surface area contributed by atoms with Crippen molar-refractivity contribution >= 4 is 70.3 Å². The SMILES string of the molecule is O=C(O)Cc1c(Cl)ccc(Cl)c1Cl.[Na]. The van der Waals surface area contributed by atoms with E-state index in [0.29, 0.717) is 15.6 Å². The molecule has 1 rings (SSSR count). The molecule has 1 radical (unpaired) electrons. The Hall–Kier alpha value is 0.560. The fourth-order valence-corrected chi connectivity index (χ4v) is 1.56. The Morgan fingerprint density at radius 2 is 1.71 bits per heavy atom. The van der Waals surface area contributed by atoms with Crippen LogP contribution >= 0.6 is 34.8 Å². The van der Waals surface area contributed by atoms with E-state index in [1.807, 2.05) is 0 Å². The Kier molecular flexibility index (Phi) is 6.46. The van der Waals surface area contributed by atoms with Gasteiger partial charge in [0.1, 0.15) is 0 Å². The van der Waals surface area contributed by atoms with E-state index in [0.717, 1.165) is 0 Å². The summed E-state index contributed by atoms with van der Waals surface area (Å²) in [5, 5.41) is 9.38. The van der Waals surface area contributed by atoms with Gasteiger partial charge in [0.05, 0.1) is 16.5 Å². The van der Waals surface area contributed by atoms with Gasteiger partial charge in [-0.05, 0) is 12.1 Å². The minimum atomic E-state index is -0.994. The molecule has 0 amide bonds. The molecule has 1 aromatic carbocycles. The second-order valence-electron chi connectivity index (χ2n) is 2.39. The van der Waals surface area contributed by atoms with Crippen LogP contribution in [-0.4, -0.2) is 40.6 Å². The van der Waals surface area contributed by atoms with Crippen molar-refractivity contribution in [3.63, 3.8) is 0 Å². The molecular weight excluding hydrogens is 257 g/mol. The van der Waals surface area contributed by atoms with Gasteiger partial charge in [-0.2, -0.15) is 0 Å². The minimum Gasteiger partial charge on any atom is -0.481 e. The van der Waals surface area contributed by atoms with Crippen LogP contribution in [0.4, 0.5) is 0 Å². The summed E-state index contributed by atoms with van der Waals surface area (Å²) in [5.41, 5.74) is 0.350. The van der Waals surface area contributed by atoms with Gasteiger partial charge >= 0.3 is 5.97 Å². The first-order valence-corrected chi connectivity index (χ1v) is 4.50. The Labute approximate surface area is 118 Å². The molecule has 14 heavy (non-hydrogen) atoms. The summed E-state index contributed by atoms with van der Waals surface area (Å²) >= 11 is 17.2. The van der Waals surface area contributed by atoms with Gasteiger partial charge in [0.2, 0.25) is 0 Å². The minimum absolute atomic E-state index is 0. The average molecular weight is 262 g/mol. The third kappa shape index (κ3) is 3.61. The van der Waals surface area contributed by atoms with Crippen molar-refractivity contribution in [2.75, 3.05) is 0 Å². The largest absolute Gasteiger partial charge is 0.481 e. The zero-order chi connectivity index (χ0) is 10.0. The number of hydrogen-bond acceptors (Lipinski definition) is 1.